The van der Waals surface area contributed by atoms with Crippen molar-refractivity contribution in [1.29, 1.82) is 0 Å². The van der Waals surface area contributed by atoms with Crippen LogP contribution in [0.2, 0.25) is 0 Å². The summed E-state index contributed by atoms with van der Waals surface area (Å²) in [5, 5.41) is 3.46. The standard InChI is InChI=1S/C17H16BrN3/c18-17-4-2-1-3-15(17)12-20-11-14-5-7-16(8-6-14)21-10-9-19-13-21/h1-10,13,20H,11-12H2. The third-order valence-electron chi connectivity index (χ3n) is 3.34. The van der Waals surface area contributed by atoms with Gasteiger partial charge in [-0.15, -0.1) is 0 Å². The normalized spacial score (nSPS) is 10.7. The average molecular weight is 342 g/mol. The van der Waals surface area contributed by atoms with Crippen molar-refractivity contribution in [2.45, 2.75) is 13.1 Å². The summed E-state index contributed by atoms with van der Waals surface area (Å²) in [4.78, 5) is 4.06. The zero-order valence-electron chi connectivity index (χ0n) is 11.5. The van der Waals surface area contributed by atoms with Crippen LogP contribution >= 0.6 is 15.9 Å². The van der Waals surface area contributed by atoms with Crippen LogP contribution in [0.5, 0.6) is 0 Å². The predicted molar refractivity (Wildman–Crippen MR) is 88.2 cm³/mol. The minimum atomic E-state index is 0.852. The number of rotatable bonds is 5. The van der Waals surface area contributed by atoms with E-state index in [-0.39, 0.29) is 0 Å². The van der Waals surface area contributed by atoms with Crippen molar-refractivity contribution in [3.05, 3.63) is 82.9 Å². The Labute approximate surface area is 132 Å². The van der Waals surface area contributed by atoms with Crippen LogP contribution in [0.15, 0.2) is 71.7 Å². The third-order valence-corrected chi connectivity index (χ3v) is 4.11. The number of hydrogen-bond donors (Lipinski definition) is 1. The van der Waals surface area contributed by atoms with E-state index in [2.05, 4.69) is 68.7 Å². The summed E-state index contributed by atoms with van der Waals surface area (Å²) in [6, 6.07) is 16.8. The van der Waals surface area contributed by atoms with Gasteiger partial charge < -0.3 is 9.88 Å². The maximum Gasteiger partial charge on any atom is 0.0991 e. The first-order valence-electron chi connectivity index (χ1n) is 6.84. The van der Waals surface area contributed by atoms with Gasteiger partial charge in [-0.05, 0) is 29.3 Å². The van der Waals surface area contributed by atoms with Gasteiger partial charge in [-0.3, -0.25) is 0 Å². The van der Waals surface area contributed by atoms with Gasteiger partial charge in [0.05, 0.1) is 6.33 Å². The number of aromatic nitrogens is 2. The van der Waals surface area contributed by atoms with Crippen molar-refractivity contribution in [2.24, 2.45) is 0 Å². The molecule has 1 N–H and O–H groups in total. The molecule has 0 aliphatic rings. The molecular weight excluding hydrogens is 326 g/mol. The van der Waals surface area contributed by atoms with Crippen LogP contribution in [0.3, 0.4) is 0 Å². The second kappa shape index (κ2) is 6.70. The molecule has 0 bridgehead atoms. The predicted octanol–water partition coefficient (Wildman–Crippen LogP) is 3.92. The average Bonchev–Trinajstić information content (AvgIpc) is 3.04. The first-order chi connectivity index (χ1) is 10.3. The molecule has 0 amide bonds. The van der Waals surface area contributed by atoms with Crippen LogP contribution in [-0.4, -0.2) is 9.55 Å². The second-order valence-corrected chi connectivity index (χ2v) is 5.69. The molecule has 1 heterocycles. The van der Waals surface area contributed by atoms with Gasteiger partial charge in [0.25, 0.3) is 0 Å². The molecular formula is C17H16BrN3. The highest BCUT2D eigenvalue weighted by atomic mass is 79.9. The maximum absolute atomic E-state index is 4.06. The van der Waals surface area contributed by atoms with Gasteiger partial charge in [-0.2, -0.15) is 0 Å². The molecule has 0 fully saturated rings. The Balaban J connectivity index is 1.58. The molecule has 3 nitrogen and oxygen atoms in total. The minimum Gasteiger partial charge on any atom is -0.309 e. The number of nitrogens with zero attached hydrogens (tertiary/aromatic N) is 2. The molecule has 1 aromatic heterocycles. The number of hydrogen-bond acceptors (Lipinski definition) is 2. The number of imidazole rings is 1. The summed E-state index contributed by atoms with van der Waals surface area (Å²) in [5.74, 6) is 0. The van der Waals surface area contributed by atoms with E-state index in [9.17, 15) is 0 Å². The topological polar surface area (TPSA) is 29.9 Å². The maximum atomic E-state index is 4.06. The molecule has 0 spiro atoms. The Morgan fingerprint density at radius 2 is 1.81 bits per heavy atom. The summed E-state index contributed by atoms with van der Waals surface area (Å²) >= 11 is 3.57. The molecule has 0 saturated heterocycles. The van der Waals surface area contributed by atoms with Gasteiger partial charge in [-0.1, -0.05) is 46.3 Å². The molecule has 2 aromatic carbocycles. The fraction of sp³-hybridized carbons (Fsp3) is 0.118. The number of benzene rings is 2. The lowest BCUT2D eigenvalue weighted by Gasteiger charge is -2.08. The van der Waals surface area contributed by atoms with E-state index in [1.807, 2.05) is 16.8 Å². The lowest BCUT2D eigenvalue weighted by Crippen LogP contribution is -2.13. The molecule has 3 rings (SSSR count). The van der Waals surface area contributed by atoms with Crippen molar-refractivity contribution < 1.29 is 0 Å². The highest BCUT2D eigenvalue weighted by Crippen LogP contribution is 2.15. The van der Waals surface area contributed by atoms with Crippen LogP contribution in [0.1, 0.15) is 11.1 Å². The van der Waals surface area contributed by atoms with Crippen LogP contribution in [0.25, 0.3) is 5.69 Å². The van der Waals surface area contributed by atoms with E-state index in [4.69, 9.17) is 0 Å². The third kappa shape index (κ3) is 3.60. The van der Waals surface area contributed by atoms with Gasteiger partial charge >= 0.3 is 0 Å². The molecule has 0 unspecified atom stereocenters. The van der Waals surface area contributed by atoms with Gasteiger partial charge in [0.15, 0.2) is 0 Å². The van der Waals surface area contributed by atoms with Gasteiger partial charge in [0.1, 0.15) is 0 Å². The monoisotopic (exact) mass is 341 g/mol. The molecule has 0 aliphatic carbocycles. The fourth-order valence-corrected chi connectivity index (χ4v) is 2.61. The lowest BCUT2D eigenvalue weighted by molar-refractivity contribution is 0.691. The lowest BCUT2D eigenvalue weighted by atomic mass is 10.2. The SMILES string of the molecule is Brc1ccccc1CNCc1ccc(-n2ccnc2)cc1. The molecule has 21 heavy (non-hydrogen) atoms. The summed E-state index contributed by atoms with van der Waals surface area (Å²) in [6.07, 6.45) is 5.54. The highest BCUT2D eigenvalue weighted by molar-refractivity contribution is 9.10. The minimum absolute atomic E-state index is 0.852. The molecule has 0 atom stereocenters. The Morgan fingerprint density at radius 3 is 2.52 bits per heavy atom. The second-order valence-electron chi connectivity index (χ2n) is 4.83. The first kappa shape index (κ1) is 14.0. The van der Waals surface area contributed by atoms with E-state index in [1.54, 1.807) is 12.5 Å². The Morgan fingerprint density at radius 1 is 1.00 bits per heavy atom. The van der Waals surface area contributed by atoms with Crippen molar-refractivity contribution in [3.63, 3.8) is 0 Å². The fourth-order valence-electron chi connectivity index (χ4n) is 2.18. The van der Waals surface area contributed by atoms with Crippen molar-refractivity contribution in [2.75, 3.05) is 0 Å². The van der Waals surface area contributed by atoms with E-state index in [0.717, 1.165) is 23.2 Å². The van der Waals surface area contributed by atoms with E-state index >= 15 is 0 Å². The Hall–Kier alpha value is -1.91. The Bertz CT molecular complexity index is 690. The van der Waals surface area contributed by atoms with Crippen molar-refractivity contribution in [1.82, 2.24) is 14.9 Å². The molecule has 0 radical (unpaired) electrons. The van der Waals surface area contributed by atoms with Gasteiger partial charge in [0.2, 0.25) is 0 Å². The quantitative estimate of drug-likeness (QED) is 0.762. The van der Waals surface area contributed by atoms with E-state index in [1.165, 1.54) is 11.1 Å². The first-order valence-corrected chi connectivity index (χ1v) is 7.63. The number of nitrogens with one attached hydrogen (secondary N) is 1. The zero-order chi connectivity index (χ0) is 14.5. The summed E-state index contributed by atoms with van der Waals surface area (Å²) < 4.78 is 3.14. The van der Waals surface area contributed by atoms with Crippen LogP contribution in [0.4, 0.5) is 0 Å². The Kier molecular flexibility index (Phi) is 4.48. The van der Waals surface area contributed by atoms with E-state index in [0.29, 0.717) is 0 Å². The zero-order valence-corrected chi connectivity index (χ0v) is 13.1. The van der Waals surface area contributed by atoms with E-state index < -0.39 is 0 Å². The molecule has 0 aliphatic heterocycles. The number of halogens is 1. The molecule has 0 saturated carbocycles. The largest absolute Gasteiger partial charge is 0.309 e. The molecule has 3 aromatic rings. The van der Waals surface area contributed by atoms with Crippen molar-refractivity contribution >= 4 is 15.9 Å². The molecule has 106 valence electrons. The van der Waals surface area contributed by atoms with Crippen LogP contribution in [-0.2, 0) is 13.1 Å². The summed E-state index contributed by atoms with van der Waals surface area (Å²) in [6.45, 7) is 1.70. The molecule has 4 heteroatoms. The van der Waals surface area contributed by atoms with Gasteiger partial charge in [0, 0.05) is 35.6 Å². The smallest absolute Gasteiger partial charge is 0.0991 e. The highest BCUT2D eigenvalue weighted by Gasteiger charge is 1.99. The summed E-state index contributed by atoms with van der Waals surface area (Å²) in [5.41, 5.74) is 3.67. The van der Waals surface area contributed by atoms with Crippen molar-refractivity contribution in [3.8, 4) is 5.69 Å². The van der Waals surface area contributed by atoms with Crippen LogP contribution in [0, 0.1) is 0 Å². The van der Waals surface area contributed by atoms with Crippen LogP contribution < -0.4 is 5.32 Å². The summed E-state index contributed by atoms with van der Waals surface area (Å²) in [7, 11) is 0. The van der Waals surface area contributed by atoms with Gasteiger partial charge in [-0.25, -0.2) is 4.98 Å².